The second-order valence-corrected chi connectivity index (χ2v) is 2.30. The van der Waals surface area contributed by atoms with Gasteiger partial charge in [0.1, 0.15) is 0 Å². The van der Waals surface area contributed by atoms with E-state index in [1.165, 1.54) is 6.20 Å². The summed E-state index contributed by atoms with van der Waals surface area (Å²) >= 11 is 0. The van der Waals surface area contributed by atoms with Crippen LogP contribution in [0.4, 0.5) is 0 Å². The fourth-order valence-corrected chi connectivity index (χ4v) is 1.00. The number of aryl methyl sites for hydroxylation is 1. The number of hydrogen-bond acceptors (Lipinski definition) is 3. The highest BCUT2D eigenvalue weighted by molar-refractivity contribution is 5.74. The Bertz CT molecular complexity index is 441. The van der Waals surface area contributed by atoms with Crippen LogP contribution in [0.15, 0.2) is 11.0 Å². The molecular formula is C6H6N4O. The van der Waals surface area contributed by atoms with Crippen LogP contribution in [-0.2, 0) is 0 Å². The van der Waals surface area contributed by atoms with Gasteiger partial charge in [-0.15, -0.1) is 0 Å². The number of imidazole rings is 1. The Morgan fingerprint density at radius 3 is 3.00 bits per heavy atom. The lowest BCUT2D eigenvalue weighted by atomic mass is 10.4. The molecule has 5 nitrogen and oxygen atoms in total. The summed E-state index contributed by atoms with van der Waals surface area (Å²) in [6.45, 7) is 1.79. The molecular weight excluding hydrogens is 144 g/mol. The summed E-state index contributed by atoms with van der Waals surface area (Å²) in [4.78, 5) is 16.0. The van der Waals surface area contributed by atoms with Crippen LogP contribution in [0.1, 0.15) is 5.69 Å². The fourth-order valence-electron chi connectivity index (χ4n) is 1.00. The number of nitrogens with zero attached hydrogens (tertiary/aromatic N) is 2. The highest BCUT2D eigenvalue weighted by Gasteiger charge is 2.00. The number of hydrogen-bond donors (Lipinski definition) is 2. The molecule has 5 heteroatoms. The highest BCUT2D eigenvalue weighted by Crippen LogP contribution is 2.05. The Hall–Kier alpha value is -1.65. The first-order valence-corrected chi connectivity index (χ1v) is 3.17. The average Bonchev–Trinajstić information content (AvgIpc) is 2.31. The predicted octanol–water partition coefficient (Wildman–Crippen LogP) is -0.0454. The summed E-state index contributed by atoms with van der Waals surface area (Å²) in [5.74, 6) is 0. The van der Waals surface area contributed by atoms with E-state index in [0.717, 1.165) is 11.2 Å². The van der Waals surface area contributed by atoms with E-state index in [4.69, 9.17) is 0 Å². The SMILES string of the molecule is Cc1nncc2[nH]c(=O)[nH]c12. The minimum atomic E-state index is -0.224. The van der Waals surface area contributed by atoms with Crippen LogP contribution < -0.4 is 5.69 Å². The monoisotopic (exact) mass is 150 g/mol. The zero-order valence-electron chi connectivity index (χ0n) is 5.88. The molecule has 11 heavy (non-hydrogen) atoms. The molecule has 56 valence electrons. The minimum absolute atomic E-state index is 0.224. The normalized spacial score (nSPS) is 10.6. The molecule has 0 aliphatic carbocycles. The second-order valence-electron chi connectivity index (χ2n) is 2.30. The summed E-state index contributed by atoms with van der Waals surface area (Å²) in [7, 11) is 0. The third kappa shape index (κ3) is 0.813. The maximum atomic E-state index is 10.8. The van der Waals surface area contributed by atoms with Crippen molar-refractivity contribution in [1.82, 2.24) is 20.2 Å². The van der Waals surface area contributed by atoms with E-state index in [1.807, 2.05) is 0 Å². The van der Waals surface area contributed by atoms with Crippen molar-refractivity contribution in [3.63, 3.8) is 0 Å². The molecule has 0 aliphatic rings. The molecule has 2 heterocycles. The number of rotatable bonds is 0. The van der Waals surface area contributed by atoms with Gasteiger partial charge in [0.25, 0.3) is 0 Å². The van der Waals surface area contributed by atoms with Crippen LogP contribution in [-0.4, -0.2) is 20.2 Å². The number of nitrogens with one attached hydrogen (secondary N) is 2. The van der Waals surface area contributed by atoms with Gasteiger partial charge in [-0.25, -0.2) is 4.79 Å². The van der Waals surface area contributed by atoms with Gasteiger partial charge < -0.3 is 9.97 Å². The van der Waals surface area contributed by atoms with Crippen LogP contribution in [0.3, 0.4) is 0 Å². The van der Waals surface area contributed by atoms with Gasteiger partial charge in [0, 0.05) is 0 Å². The summed E-state index contributed by atoms with van der Waals surface area (Å²) in [5.41, 5.74) is 1.92. The first kappa shape index (κ1) is 6.09. The molecule has 0 fully saturated rings. The lowest BCUT2D eigenvalue weighted by molar-refractivity contribution is 0.997. The lowest BCUT2D eigenvalue weighted by Gasteiger charge is -1.88. The van der Waals surface area contributed by atoms with Crippen molar-refractivity contribution < 1.29 is 0 Å². The Morgan fingerprint density at radius 1 is 1.45 bits per heavy atom. The molecule has 2 rings (SSSR count). The molecule has 0 unspecified atom stereocenters. The Morgan fingerprint density at radius 2 is 2.27 bits per heavy atom. The van der Waals surface area contributed by atoms with Gasteiger partial charge >= 0.3 is 5.69 Å². The first-order valence-electron chi connectivity index (χ1n) is 3.17. The molecule has 2 aromatic heterocycles. The molecule has 0 spiro atoms. The van der Waals surface area contributed by atoms with Crippen molar-refractivity contribution in [3.8, 4) is 0 Å². The topological polar surface area (TPSA) is 74.4 Å². The largest absolute Gasteiger partial charge is 0.323 e. The molecule has 0 saturated carbocycles. The van der Waals surface area contributed by atoms with Gasteiger partial charge in [-0.1, -0.05) is 0 Å². The molecule has 0 radical (unpaired) electrons. The van der Waals surface area contributed by atoms with Gasteiger partial charge in [0.15, 0.2) is 0 Å². The van der Waals surface area contributed by atoms with Crippen LogP contribution in [0.5, 0.6) is 0 Å². The van der Waals surface area contributed by atoms with E-state index in [9.17, 15) is 4.79 Å². The zero-order chi connectivity index (χ0) is 7.84. The number of aromatic nitrogens is 4. The van der Waals surface area contributed by atoms with Gasteiger partial charge in [-0.3, -0.25) is 0 Å². The van der Waals surface area contributed by atoms with Crippen molar-refractivity contribution in [1.29, 1.82) is 0 Å². The van der Waals surface area contributed by atoms with Crippen LogP contribution in [0.2, 0.25) is 0 Å². The van der Waals surface area contributed by atoms with E-state index < -0.39 is 0 Å². The van der Waals surface area contributed by atoms with Gasteiger partial charge in [-0.05, 0) is 6.92 Å². The fraction of sp³-hybridized carbons (Fsp3) is 0.167. The minimum Gasteiger partial charge on any atom is -0.304 e. The maximum Gasteiger partial charge on any atom is 0.323 e. The molecule has 0 amide bonds. The maximum absolute atomic E-state index is 10.8. The number of H-pyrrole nitrogens is 2. The lowest BCUT2D eigenvalue weighted by Crippen LogP contribution is -1.99. The van der Waals surface area contributed by atoms with Crippen molar-refractivity contribution in [3.05, 3.63) is 22.4 Å². The molecule has 0 atom stereocenters. The quantitative estimate of drug-likeness (QED) is 0.553. The smallest absolute Gasteiger partial charge is 0.304 e. The Balaban J connectivity index is 3.01. The van der Waals surface area contributed by atoms with Crippen molar-refractivity contribution in [2.24, 2.45) is 0 Å². The first-order chi connectivity index (χ1) is 5.27. The van der Waals surface area contributed by atoms with E-state index in [-0.39, 0.29) is 5.69 Å². The zero-order valence-corrected chi connectivity index (χ0v) is 5.88. The third-order valence-electron chi connectivity index (χ3n) is 1.51. The molecule has 0 aromatic carbocycles. The third-order valence-corrected chi connectivity index (χ3v) is 1.51. The average molecular weight is 150 g/mol. The molecule has 2 aromatic rings. The summed E-state index contributed by atoms with van der Waals surface area (Å²) in [6, 6.07) is 0. The molecule has 0 aliphatic heterocycles. The van der Waals surface area contributed by atoms with Crippen LogP contribution >= 0.6 is 0 Å². The van der Waals surface area contributed by atoms with Gasteiger partial charge in [0.2, 0.25) is 0 Å². The number of aromatic amines is 2. The van der Waals surface area contributed by atoms with Crippen molar-refractivity contribution in [2.45, 2.75) is 6.92 Å². The molecule has 2 N–H and O–H groups in total. The molecule has 0 saturated heterocycles. The Labute approximate surface area is 61.5 Å². The Kier molecular flexibility index (Phi) is 1.06. The van der Waals surface area contributed by atoms with Crippen molar-refractivity contribution in [2.75, 3.05) is 0 Å². The van der Waals surface area contributed by atoms with Gasteiger partial charge in [0.05, 0.1) is 22.9 Å². The van der Waals surface area contributed by atoms with E-state index >= 15 is 0 Å². The van der Waals surface area contributed by atoms with Gasteiger partial charge in [-0.2, -0.15) is 10.2 Å². The summed E-state index contributed by atoms with van der Waals surface area (Å²) in [5, 5.41) is 7.47. The predicted molar refractivity (Wildman–Crippen MR) is 39.2 cm³/mol. The number of fused-ring (bicyclic) bond motifs is 1. The van der Waals surface area contributed by atoms with Crippen LogP contribution in [0.25, 0.3) is 11.0 Å². The molecule has 0 bridgehead atoms. The van der Waals surface area contributed by atoms with E-state index in [1.54, 1.807) is 6.92 Å². The van der Waals surface area contributed by atoms with Crippen LogP contribution in [0, 0.1) is 6.92 Å². The standard InChI is InChI=1S/C6H6N4O/c1-3-5-4(2-7-10-3)8-6(11)9-5/h2H,1H3,(H2,8,9,11). The summed E-state index contributed by atoms with van der Waals surface area (Å²) in [6.07, 6.45) is 1.51. The van der Waals surface area contributed by atoms with E-state index in [2.05, 4.69) is 20.2 Å². The van der Waals surface area contributed by atoms with E-state index in [0.29, 0.717) is 5.52 Å². The van der Waals surface area contributed by atoms with Crippen molar-refractivity contribution >= 4 is 11.0 Å². The highest BCUT2D eigenvalue weighted by atomic mass is 16.1. The summed E-state index contributed by atoms with van der Waals surface area (Å²) < 4.78 is 0. The second kappa shape index (κ2) is 1.91.